The SMILES string of the molecule is C=CCSc1nnc(NC(=O)c2ccc(N(Cc3ccccc3Cl)S(C)(=O)=O)cc2)s1. The molecule has 1 amide bonds. The Hall–Kier alpha value is -2.40. The number of thioether (sulfide) groups is 1. The molecule has 0 saturated carbocycles. The van der Waals surface area contributed by atoms with Gasteiger partial charge in [-0.2, -0.15) is 0 Å². The molecule has 0 aliphatic heterocycles. The molecule has 3 aromatic rings. The number of carbonyl (C=O) groups is 1. The van der Waals surface area contributed by atoms with Crippen LogP contribution in [0.2, 0.25) is 5.02 Å². The normalized spacial score (nSPS) is 11.2. The summed E-state index contributed by atoms with van der Waals surface area (Å²) in [7, 11) is -3.57. The van der Waals surface area contributed by atoms with Crippen LogP contribution in [0.25, 0.3) is 0 Å². The highest BCUT2D eigenvalue weighted by Gasteiger charge is 2.20. The van der Waals surface area contributed by atoms with E-state index in [-0.39, 0.29) is 12.5 Å². The van der Waals surface area contributed by atoms with Gasteiger partial charge in [-0.25, -0.2) is 8.42 Å². The fraction of sp³-hybridized carbons (Fsp3) is 0.150. The number of sulfonamides is 1. The summed E-state index contributed by atoms with van der Waals surface area (Å²) in [5.74, 6) is 0.342. The Morgan fingerprint density at radius 3 is 2.58 bits per heavy atom. The van der Waals surface area contributed by atoms with Crippen molar-refractivity contribution in [3.63, 3.8) is 0 Å². The lowest BCUT2D eigenvalue weighted by Gasteiger charge is -2.23. The fourth-order valence-electron chi connectivity index (χ4n) is 2.58. The summed E-state index contributed by atoms with van der Waals surface area (Å²) in [5.41, 5.74) is 1.47. The molecule has 7 nitrogen and oxygen atoms in total. The van der Waals surface area contributed by atoms with Gasteiger partial charge in [-0.05, 0) is 35.9 Å². The number of hydrogen-bond donors (Lipinski definition) is 1. The molecule has 0 fully saturated rings. The van der Waals surface area contributed by atoms with Gasteiger partial charge in [-0.3, -0.25) is 14.4 Å². The predicted molar refractivity (Wildman–Crippen MR) is 128 cm³/mol. The average molecular weight is 495 g/mol. The molecule has 0 saturated heterocycles. The number of benzene rings is 2. The summed E-state index contributed by atoms with van der Waals surface area (Å²) in [4.78, 5) is 12.5. The molecule has 0 spiro atoms. The zero-order valence-corrected chi connectivity index (χ0v) is 19.7. The number of rotatable bonds is 9. The third kappa shape index (κ3) is 6.30. The first-order chi connectivity index (χ1) is 14.8. The van der Waals surface area contributed by atoms with Crippen molar-refractivity contribution in [2.75, 3.05) is 21.6 Å². The molecule has 0 bridgehead atoms. The molecule has 11 heteroatoms. The molecule has 0 atom stereocenters. The van der Waals surface area contributed by atoms with Gasteiger partial charge in [-0.1, -0.05) is 59.0 Å². The Balaban J connectivity index is 1.75. The van der Waals surface area contributed by atoms with Gasteiger partial charge in [0.15, 0.2) is 4.34 Å². The van der Waals surface area contributed by atoms with Crippen molar-refractivity contribution >= 4 is 61.4 Å². The zero-order chi connectivity index (χ0) is 22.4. The van der Waals surface area contributed by atoms with E-state index in [1.807, 2.05) is 0 Å². The number of anilines is 2. The summed E-state index contributed by atoms with van der Waals surface area (Å²) < 4.78 is 26.7. The van der Waals surface area contributed by atoms with E-state index in [9.17, 15) is 13.2 Å². The molecule has 3 rings (SSSR count). The van der Waals surface area contributed by atoms with Crippen molar-refractivity contribution in [2.24, 2.45) is 0 Å². The third-order valence-electron chi connectivity index (χ3n) is 4.04. The molecular weight excluding hydrogens is 476 g/mol. The molecule has 1 aromatic heterocycles. The maximum Gasteiger partial charge on any atom is 0.257 e. The second-order valence-electron chi connectivity index (χ2n) is 6.33. The van der Waals surface area contributed by atoms with Gasteiger partial charge in [0.1, 0.15) is 0 Å². The largest absolute Gasteiger partial charge is 0.296 e. The molecule has 2 aromatic carbocycles. The quantitative estimate of drug-likeness (QED) is 0.263. The van der Waals surface area contributed by atoms with Gasteiger partial charge in [0.25, 0.3) is 5.91 Å². The van der Waals surface area contributed by atoms with E-state index in [2.05, 4.69) is 22.1 Å². The summed E-state index contributed by atoms with van der Waals surface area (Å²) in [6.45, 7) is 3.73. The van der Waals surface area contributed by atoms with Gasteiger partial charge < -0.3 is 0 Å². The monoisotopic (exact) mass is 494 g/mol. The van der Waals surface area contributed by atoms with E-state index >= 15 is 0 Å². The molecule has 1 N–H and O–H groups in total. The Bertz CT molecular complexity index is 1180. The van der Waals surface area contributed by atoms with Crippen LogP contribution in [-0.2, 0) is 16.6 Å². The minimum Gasteiger partial charge on any atom is -0.296 e. The number of nitrogens with one attached hydrogen (secondary N) is 1. The molecule has 0 aliphatic rings. The van der Waals surface area contributed by atoms with Crippen molar-refractivity contribution in [2.45, 2.75) is 10.9 Å². The van der Waals surface area contributed by atoms with Crippen molar-refractivity contribution < 1.29 is 13.2 Å². The number of nitrogens with zero attached hydrogens (tertiary/aromatic N) is 3. The van der Waals surface area contributed by atoms with Gasteiger partial charge in [0.2, 0.25) is 15.2 Å². The van der Waals surface area contributed by atoms with Crippen LogP contribution >= 0.6 is 34.7 Å². The average Bonchev–Trinajstić information content (AvgIpc) is 3.18. The van der Waals surface area contributed by atoms with Crippen LogP contribution in [0, 0.1) is 0 Å². The van der Waals surface area contributed by atoms with Crippen molar-refractivity contribution in [1.29, 1.82) is 0 Å². The highest BCUT2D eigenvalue weighted by atomic mass is 35.5. The smallest absolute Gasteiger partial charge is 0.257 e. The second kappa shape index (κ2) is 10.3. The van der Waals surface area contributed by atoms with Crippen LogP contribution in [0.3, 0.4) is 0 Å². The highest BCUT2D eigenvalue weighted by Crippen LogP contribution is 2.27. The highest BCUT2D eigenvalue weighted by molar-refractivity contribution is 8.01. The third-order valence-corrected chi connectivity index (χ3v) is 7.52. The maximum absolute atomic E-state index is 12.5. The van der Waals surface area contributed by atoms with E-state index < -0.39 is 10.0 Å². The maximum atomic E-state index is 12.5. The molecule has 0 aliphatic carbocycles. The van der Waals surface area contributed by atoms with Crippen LogP contribution < -0.4 is 9.62 Å². The molecule has 0 radical (unpaired) electrons. The van der Waals surface area contributed by atoms with E-state index in [1.54, 1.807) is 54.6 Å². The first kappa shape index (κ1) is 23.3. The van der Waals surface area contributed by atoms with Gasteiger partial charge in [0, 0.05) is 16.3 Å². The lowest BCUT2D eigenvalue weighted by atomic mass is 10.2. The Morgan fingerprint density at radius 1 is 1.23 bits per heavy atom. The van der Waals surface area contributed by atoms with Crippen molar-refractivity contribution in [3.8, 4) is 0 Å². The fourth-order valence-corrected chi connectivity index (χ4v) is 5.16. The van der Waals surface area contributed by atoms with Crippen LogP contribution in [0.5, 0.6) is 0 Å². The lowest BCUT2D eigenvalue weighted by Crippen LogP contribution is -2.29. The van der Waals surface area contributed by atoms with E-state index in [0.29, 0.717) is 32.7 Å². The van der Waals surface area contributed by atoms with E-state index in [4.69, 9.17) is 11.6 Å². The van der Waals surface area contributed by atoms with Crippen LogP contribution in [0.1, 0.15) is 15.9 Å². The Morgan fingerprint density at radius 2 is 1.94 bits per heavy atom. The molecule has 1 heterocycles. The topological polar surface area (TPSA) is 92.3 Å². The van der Waals surface area contributed by atoms with Crippen LogP contribution in [0.4, 0.5) is 10.8 Å². The number of amides is 1. The van der Waals surface area contributed by atoms with Gasteiger partial charge in [0.05, 0.1) is 18.5 Å². The summed E-state index contributed by atoms with van der Waals surface area (Å²) in [6, 6.07) is 13.3. The van der Waals surface area contributed by atoms with Gasteiger partial charge in [-0.15, -0.1) is 16.8 Å². The number of carbonyl (C=O) groups excluding carboxylic acids is 1. The van der Waals surface area contributed by atoms with E-state index in [1.165, 1.54) is 27.4 Å². The lowest BCUT2D eigenvalue weighted by molar-refractivity contribution is 0.102. The Kier molecular flexibility index (Phi) is 7.71. The zero-order valence-electron chi connectivity index (χ0n) is 16.5. The number of halogens is 1. The van der Waals surface area contributed by atoms with Crippen molar-refractivity contribution in [1.82, 2.24) is 10.2 Å². The number of hydrogen-bond acceptors (Lipinski definition) is 7. The predicted octanol–water partition coefficient (Wildman–Crippen LogP) is 4.69. The minimum atomic E-state index is -3.57. The standard InChI is InChI=1S/C20H19ClN4O3S3/c1-3-12-29-20-24-23-19(30-20)22-18(26)14-8-10-16(11-9-14)25(31(2,27)28)13-15-6-4-5-7-17(15)21/h3-11H,1,12-13H2,2H3,(H,22,23,26). The summed E-state index contributed by atoms with van der Waals surface area (Å²) >= 11 is 8.94. The summed E-state index contributed by atoms with van der Waals surface area (Å²) in [6.07, 6.45) is 2.89. The first-order valence-corrected chi connectivity index (χ1v) is 13.0. The second-order valence-corrected chi connectivity index (χ2v) is 10.9. The number of aromatic nitrogens is 2. The van der Waals surface area contributed by atoms with Crippen LogP contribution in [-0.4, -0.2) is 36.5 Å². The molecule has 162 valence electrons. The Labute approximate surface area is 194 Å². The van der Waals surface area contributed by atoms with E-state index in [0.717, 1.165) is 10.6 Å². The summed E-state index contributed by atoms with van der Waals surface area (Å²) in [5, 5.41) is 11.5. The van der Waals surface area contributed by atoms with Gasteiger partial charge >= 0.3 is 0 Å². The molecule has 0 unspecified atom stereocenters. The van der Waals surface area contributed by atoms with Crippen molar-refractivity contribution in [3.05, 3.63) is 77.3 Å². The molecular formula is C20H19ClN4O3S3. The first-order valence-electron chi connectivity index (χ1n) is 8.97. The minimum absolute atomic E-state index is 0.0833. The van der Waals surface area contributed by atoms with Crippen LogP contribution in [0.15, 0.2) is 65.5 Å². The molecule has 31 heavy (non-hydrogen) atoms.